The Morgan fingerprint density at radius 2 is 1.83 bits per heavy atom. The largest absolute Gasteiger partial charge is 0.394 e. The molecule has 0 bridgehead atoms. The van der Waals surface area contributed by atoms with Crippen LogP contribution < -0.4 is 0 Å². The molecule has 66 valence electrons. The van der Waals surface area contributed by atoms with E-state index in [4.69, 9.17) is 0 Å². The van der Waals surface area contributed by atoms with E-state index in [1.54, 1.807) is 0 Å². The number of rotatable bonds is 1. The molecule has 0 aliphatic rings. The molecule has 0 amide bonds. The molecule has 0 radical (unpaired) electrons. The van der Waals surface area contributed by atoms with E-state index in [1.165, 1.54) is 19.3 Å². The third-order valence-electron chi connectivity index (χ3n) is 1.35. The highest BCUT2D eigenvalue weighted by molar-refractivity contribution is 5.09. The summed E-state index contributed by atoms with van der Waals surface area (Å²) in [5, 5.41) is 0. The van der Waals surface area contributed by atoms with Crippen LogP contribution in [0.2, 0.25) is 0 Å². The topological polar surface area (TPSA) is 25.8 Å². The highest BCUT2D eigenvalue weighted by Gasteiger charge is 2.29. The second-order valence-corrected chi connectivity index (χ2v) is 2.38. The van der Waals surface area contributed by atoms with E-state index in [0.717, 1.165) is 0 Å². The first-order valence-corrected chi connectivity index (χ1v) is 3.32. The zero-order valence-corrected chi connectivity index (χ0v) is 6.39. The van der Waals surface area contributed by atoms with Crippen molar-refractivity contribution in [3.8, 4) is 0 Å². The van der Waals surface area contributed by atoms with Gasteiger partial charge in [-0.1, -0.05) is 0 Å². The first kappa shape index (κ1) is 8.96. The third-order valence-corrected chi connectivity index (χ3v) is 1.35. The minimum atomic E-state index is -4.21. The number of hydrogen-bond acceptors (Lipinski definition) is 2. The van der Waals surface area contributed by atoms with Gasteiger partial charge >= 0.3 is 6.18 Å². The number of aromatic nitrogens is 2. The van der Waals surface area contributed by atoms with Crippen molar-refractivity contribution in [1.29, 1.82) is 0 Å². The van der Waals surface area contributed by atoms with Crippen LogP contribution in [0.1, 0.15) is 11.4 Å². The van der Waals surface area contributed by atoms with E-state index in [2.05, 4.69) is 9.97 Å². The van der Waals surface area contributed by atoms with Crippen LogP contribution in [-0.2, 0) is 6.42 Å². The quantitative estimate of drug-likeness (QED) is 0.653. The number of halogens is 3. The lowest BCUT2D eigenvalue weighted by Crippen LogP contribution is -2.14. The zero-order chi connectivity index (χ0) is 9.19. The number of hydrogen-bond donors (Lipinski definition) is 0. The predicted octanol–water partition coefficient (Wildman–Crippen LogP) is 1.89. The van der Waals surface area contributed by atoms with Crippen LogP contribution in [0.3, 0.4) is 0 Å². The Morgan fingerprint density at radius 1 is 1.25 bits per heavy atom. The standard InChI is InChI=1S/C7H7F3N2/c1-5-6(4-7(8,9)10)12-3-2-11-5/h2-3H,4H2,1H3. The molecule has 1 aromatic heterocycles. The van der Waals surface area contributed by atoms with Crippen LogP contribution in [0.5, 0.6) is 0 Å². The Kier molecular flexibility index (Phi) is 2.30. The molecule has 0 aliphatic carbocycles. The normalized spacial score (nSPS) is 11.7. The zero-order valence-electron chi connectivity index (χ0n) is 6.39. The smallest absolute Gasteiger partial charge is 0.258 e. The Labute approximate surface area is 67.5 Å². The van der Waals surface area contributed by atoms with Gasteiger partial charge in [0.2, 0.25) is 0 Å². The lowest BCUT2D eigenvalue weighted by molar-refractivity contribution is -0.128. The summed E-state index contributed by atoms with van der Waals surface area (Å²) in [6.07, 6.45) is -2.59. The highest BCUT2D eigenvalue weighted by atomic mass is 19.4. The molecule has 1 rings (SSSR count). The van der Waals surface area contributed by atoms with Gasteiger partial charge in [-0.3, -0.25) is 9.97 Å². The van der Waals surface area contributed by atoms with Crippen LogP contribution in [0.4, 0.5) is 13.2 Å². The van der Waals surface area contributed by atoms with Crippen molar-refractivity contribution < 1.29 is 13.2 Å². The summed E-state index contributed by atoms with van der Waals surface area (Å²) < 4.78 is 35.6. The van der Waals surface area contributed by atoms with Crippen molar-refractivity contribution in [2.24, 2.45) is 0 Å². The Morgan fingerprint density at radius 3 is 2.33 bits per heavy atom. The van der Waals surface area contributed by atoms with Gasteiger partial charge in [-0.2, -0.15) is 13.2 Å². The minimum Gasteiger partial charge on any atom is -0.258 e. The maximum Gasteiger partial charge on any atom is 0.394 e. The first-order chi connectivity index (χ1) is 5.49. The maximum atomic E-state index is 11.9. The molecule has 0 aromatic carbocycles. The van der Waals surface area contributed by atoms with E-state index in [-0.39, 0.29) is 5.69 Å². The number of alkyl halides is 3. The average molecular weight is 176 g/mol. The molecule has 0 aliphatic heterocycles. The van der Waals surface area contributed by atoms with Gasteiger partial charge in [0.1, 0.15) is 0 Å². The molecule has 1 heterocycles. The highest BCUT2D eigenvalue weighted by Crippen LogP contribution is 2.20. The van der Waals surface area contributed by atoms with E-state index in [0.29, 0.717) is 5.69 Å². The van der Waals surface area contributed by atoms with E-state index < -0.39 is 12.6 Å². The van der Waals surface area contributed by atoms with Gasteiger partial charge in [0.25, 0.3) is 0 Å². The lowest BCUT2D eigenvalue weighted by Gasteiger charge is -2.06. The van der Waals surface area contributed by atoms with Gasteiger partial charge in [0.05, 0.1) is 17.8 Å². The summed E-state index contributed by atoms with van der Waals surface area (Å²) in [5.74, 6) is 0. The van der Waals surface area contributed by atoms with Crippen molar-refractivity contribution in [2.45, 2.75) is 19.5 Å². The minimum absolute atomic E-state index is 0.00926. The fourth-order valence-electron chi connectivity index (χ4n) is 0.800. The Bertz CT molecular complexity index is 270. The van der Waals surface area contributed by atoms with Crippen molar-refractivity contribution in [3.63, 3.8) is 0 Å². The molecule has 0 N–H and O–H groups in total. The molecule has 0 unspecified atom stereocenters. The second kappa shape index (κ2) is 3.08. The molecule has 0 fully saturated rings. The second-order valence-electron chi connectivity index (χ2n) is 2.38. The Hall–Kier alpha value is -1.13. The summed E-state index contributed by atoms with van der Waals surface area (Å²) in [6, 6.07) is 0. The molecule has 0 spiro atoms. The molecular formula is C7H7F3N2. The van der Waals surface area contributed by atoms with Crippen molar-refractivity contribution >= 4 is 0 Å². The fraction of sp³-hybridized carbons (Fsp3) is 0.429. The van der Waals surface area contributed by atoms with Crippen LogP contribution in [0, 0.1) is 6.92 Å². The van der Waals surface area contributed by atoms with Crippen molar-refractivity contribution in [2.75, 3.05) is 0 Å². The van der Waals surface area contributed by atoms with Crippen LogP contribution >= 0.6 is 0 Å². The van der Waals surface area contributed by atoms with Gasteiger partial charge < -0.3 is 0 Å². The van der Waals surface area contributed by atoms with Gasteiger partial charge in [0.15, 0.2) is 0 Å². The number of aryl methyl sites for hydroxylation is 1. The number of nitrogens with zero attached hydrogens (tertiary/aromatic N) is 2. The average Bonchev–Trinajstić information content (AvgIpc) is 1.91. The van der Waals surface area contributed by atoms with Crippen molar-refractivity contribution in [1.82, 2.24) is 9.97 Å². The molecular weight excluding hydrogens is 169 g/mol. The summed E-state index contributed by atoms with van der Waals surface area (Å²) in [6.45, 7) is 1.51. The summed E-state index contributed by atoms with van der Waals surface area (Å²) in [5.41, 5.74) is 0.319. The SMILES string of the molecule is Cc1nccnc1CC(F)(F)F. The monoisotopic (exact) mass is 176 g/mol. The van der Waals surface area contributed by atoms with E-state index in [1.807, 2.05) is 0 Å². The summed E-state index contributed by atoms with van der Waals surface area (Å²) >= 11 is 0. The molecule has 5 heteroatoms. The maximum absolute atomic E-state index is 11.9. The van der Waals surface area contributed by atoms with Crippen molar-refractivity contribution in [3.05, 3.63) is 23.8 Å². The molecule has 1 aromatic rings. The van der Waals surface area contributed by atoms with Crippen LogP contribution in [0.15, 0.2) is 12.4 Å². The summed E-state index contributed by atoms with van der Waals surface area (Å²) in [4.78, 5) is 7.28. The van der Waals surface area contributed by atoms with E-state index >= 15 is 0 Å². The predicted molar refractivity (Wildman–Crippen MR) is 36.5 cm³/mol. The van der Waals surface area contributed by atoms with Crippen LogP contribution in [-0.4, -0.2) is 16.1 Å². The molecule has 0 saturated carbocycles. The molecule has 2 nitrogen and oxygen atoms in total. The summed E-state index contributed by atoms with van der Waals surface area (Å²) in [7, 11) is 0. The van der Waals surface area contributed by atoms with Gasteiger partial charge in [-0.25, -0.2) is 0 Å². The third kappa shape index (κ3) is 2.48. The van der Waals surface area contributed by atoms with Gasteiger partial charge in [-0.15, -0.1) is 0 Å². The van der Waals surface area contributed by atoms with Gasteiger partial charge in [-0.05, 0) is 6.92 Å². The van der Waals surface area contributed by atoms with Gasteiger partial charge in [0, 0.05) is 12.4 Å². The Balaban J connectivity index is 2.83. The molecule has 12 heavy (non-hydrogen) atoms. The fourth-order valence-corrected chi connectivity index (χ4v) is 0.800. The molecule has 0 saturated heterocycles. The van der Waals surface area contributed by atoms with E-state index in [9.17, 15) is 13.2 Å². The molecule has 0 atom stereocenters. The first-order valence-electron chi connectivity index (χ1n) is 3.32. The lowest BCUT2D eigenvalue weighted by atomic mass is 10.2. The van der Waals surface area contributed by atoms with Crippen LogP contribution in [0.25, 0.3) is 0 Å².